The molecular weight excluding hydrogens is 434 g/mol. The van der Waals surface area contributed by atoms with E-state index in [9.17, 15) is 29.4 Å². The van der Waals surface area contributed by atoms with Gasteiger partial charge in [-0.25, -0.2) is 28.1 Å². The molecule has 0 aromatic carbocycles. The van der Waals surface area contributed by atoms with Crippen molar-refractivity contribution in [3.8, 4) is 0 Å². The zero-order valence-electron chi connectivity index (χ0n) is 19.8. The normalized spacial score (nSPS) is 20.4. The van der Waals surface area contributed by atoms with Gasteiger partial charge in [0.05, 0.1) is 51.5 Å². The minimum atomic E-state index is -1.17. The molecule has 1 aliphatic carbocycles. The summed E-state index contributed by atoms with van der Waals surface area (Å²) in [4.78, 5) is 50.0. The Morgan fingerprint density at radius 3 is 2.12 bits per heavy atom. The number of hydrogen-bond donors (Lipinski definition) is 2. The van der Waals surface area contributed by atoms with Gasteiger partial charge in [0.1, 0.15) is 0 Å². The van der Waals surface area contributed by atoms with Crippen LogP contribution in [0.2, 0.25) is 0 Å². The second kappa shape index (κ2) is 12.9. The lowest BCUT2D eigenvalue weighted by atomic mass is 9.80. The summed E-state index contributed by atoms with van der Waals surface area (Å²) in [6, 6.07) is 0. The molecule has 188 valence electrons. The topological polar surface area (TPSA) is 142 Å². The van der Waals surface area contributed by atoms with E-state index in [1.54, 1.807) is 6.92 Å². The molecule has 0 amide bonds. The van der Waals surface area contributed by atoms with Crippen LogP contribution in [0, 0.1) is 11.8 Å². The SMILES string of the molecule is CCCC(O)Cn1c(=O)n(CC)c(=O)n(CC(O)COCC2CCCCC2C(=O)OC)c1=O. The van der Waals surface area contributed by atoms with E-state index in [0.29, 0.717) is 12.8 Å². The summed E-state index contributed by atoms with van der Waals surface area (Å²) in [6.45, 7) is 3.06. The molecule has 0 aliphatic heterocycles. The maximum atomic E-state index is 12.8. The zero-order valence-corrected chi connectivity index (χ0v) is 19.8. The van der Waals surface area contributed by atoms with Crippen LogP contribution in [0.3, 0.4) is 0 Å². The number of esters is 1. The standard InChI is InChI=1S/C22H37N3O8/c1-4-8-16(26)11-24-20(29)23(5-2)21(30)25(22(24)31)12-17(27)14-33-13-15-9-6-7-10-18(15)19(28)32-3/h15-18,26-27H,4-14H2,1-3H3. The van der Waals surface area contributed by atoms with E-state index in [2.05, 4.69) is 0 Å². The molecule has 1 heterocycles. The number of aromatic nitrogens is 3. The Morgan fingerprint density at radius 1 is 0.970 bits per heavy atom. The maximum absolute atomic E-state index is 12.8. The molecule has 11 heteroatoms. The molecular formula is C22H37N3O8. The fraction of sp³-hybridized carbons (Fsp3) is 0.818. The Kier molecular flexibility index (Phi) is 10.5. The van der Waals surface area contributed by atoms with Gasteiger partial charge in [0.15, 0.2) is 0 Å². The van der Waals surface area contributed by atoms with Crippen molar-refractivity contribution in [3.05, 3.63) is 31.5 Å². The van der Waals surface area contributed by atoms with Crippen molar-refractivity contribution in [2.75, 3.05) is 20.3 Å². The third kappa shape index (κ3) is 6.87. The summed E-state index contributed by atoms with van der Waals surface area (Å²) in [5.41, 5.74) is -2.47. The number of hydrogen-bond acceptors (Lipinski definition) is 8. The first kappa shape index (κ1) is 27.0. The molecule has 1 saturated carbocycles. The molecule has 1 aromatic heterocycles. The summed E-state index contributed by atoms with van der Waals surface area (Å²) in [7, 11) is 1.36. The molecule has 1 aromatic rings. The van der Waals surface area contributed by atoms with Gasteiger partial charge in [-0.1, -0.05) is 26.2 Å². The lowest BCUT2D eigenvalue weighted by Gasteiger charge is -2.29. The van der Waals surface area contributed by atoms with Gasteiger partial charge in [0, 0.05) is 6.54 Å². The van der Waals surface area contributed by atoms with E-state index in [4.69, 9.17) is 9.47 Å². The van der Waals surface area contributed by atoms with E-state index in [0.717, 1.165) is 39.4 Å². The highest BCUT2D eigenvalue weighted by Crippen LogP contribution is 2.31. The van der Waals surface area contributed by atoms with E-state index < -0.39 is 29.3 Å². The van der Waals surface area contributed by atoms with Crippen LogP contribution in [-0.2, 0) is 33.9 Å². The molecule has 0 saturated heterocycles. The summed E-state index contributed by atoms with van der Waals surface area (Å²) in [6.07, 6.45) is 2.50. The molecule has 4 unspecified atom stereocenters. The largest absolute Gasteiger partial charge is 0.469 e. The smallest absolute Gasteiger partial charge is 0.336 e. The number of carbonyl (C=O) groups is 1. The van der Waals surface area contributed by atoms with Crippen LogP contribution in [-0.4, -0.2) is 62.4 Å². The van der Waals surface area contributed by atoms with Gasteiger partial charge < -0.3 is 19.7 Å². The van der Waals surface area contributed by atoms with Crippen molar-refractivity contribution >= 4 is 5.97 Å². The fourth-order valence-corrected chi connectivity index (χ4v) is 4.39. The Balaban J connectivity index is 2.11. The van der Waals surface area contributed by atoms with Crippen molar-refractivity contribution < 1.29 is 24.5 Å². The summed E-state index contributed by atoms with van der Waals surface area (Å²) in [5.74, 6) is -0.512. The average Bonchev–Trinajstić information content (AvgIpc) is 2.80. The van der Waals surface area contributed by atoms with Crippen LogP contribution in [0.15, 0.2) is 14.4 Å². The van der Waals surface area contributed by atoms with Crippen molar-refractivity contribution in [1.82, 2.24) is 13.7 Å². The zero-order chi connectivity index (χ0) is 24.5. The van der Waals surface area contributed by atoms with Crippen LogP contribution in [0.25, 0.3) is 0 Å². The van der Waals surface area contributed by atoms with E-state index in [-0.39, 0.29) is 50.7 Å². The predicted molar refractivity (Wildman–Crippen MR) is 120 cm³/mol. The molecule has 2 rings (SSSR count). The van der Waals surface area contributed by atoms with Crippen molar-refractivity contribution in [3.63, 3.8) is 0 Å². The molecule has 1 fully saturated rings. The van der Waals surface area contributed by atoms with E-state index in [1.807, 2.05) is 6.92 Å². The van der Waals surface area contributed by atoms with Gasteiger partial charge >= 0.3 is 23.0 Å². The molecule has 0 spiro atoms. The van der Waals surface area contributed by atoms with Crippen molar-refractivity contribution in [2.24, 2.45) is 11.8 Å². The van der Waals surface area contributed by atoms with Gasteiger partial charge in [-0.15, -0.1) is 0 Å². The number of aliphatic hydroxyl groups excluding tert-OH is 2. The van der Waals surface area contributed by atoms with Gasteiger partial charge in [-0.3, -0.25) is 4.79 Å². The van der Waals surface area contributed by atoms with E-state index >= 15 is 0 Å². The number of nitrogens with zero attached hydrogens (tertiary/aromatic N) is 3. The van der Waals surface area contributed by atoms with Crippen LogP contribution in [0.1, 0.15) is 52.4 Å². The molecule has 4 atom stereocenters. The van der Waals surface area contributed by atoms with E-state index in [1.165, 1.54) is 7.11 Å². The highest BCUT2D eigenvalue weighted by atomic mass is 16.5. The van der Waals surface area contributed by atoms with Gasteiger partial charge in [-0.05, 0) is 32.1 Å². The van der Waals surface area contributed by atoms with Crippen LogP contribution in [0.5, 0.6) is 0 Å². The number of rotatable bonds is 12. The molecule has 0 bridgehead atoms. The minimum Gasteiger partial charge on any atom is -0.469 e. The predicted octanol–water partition coefficient (Wildman–Crippen LogP) is -0.290. The third-order valence-corrected chi connectivity index (χ3v) is 6.17. The average molecular weight is 472 g/mol. The third-order valence-electron chi connectivity index (χ3n) is 6.17. The fourth-order valence-electron chi connectivity index (χ4n) is 4.39. The number of methoxy groups -OCH3 is 1. The minimum absolute atomic E-state index is 0.0135. The molecule has 0 radical (unpaired) electrons. The Bertz CT molecular complexity index is 950. The van der Waals surface area contributed by atoms with Crippen LogP contribution in [0.4, 0.5) is 0 Å². The molecule has 2 N–H and O–H groups in total. The van der Waals surface area contributed by atoms with Gasteiger partial charge in [-0.2, -0.15) is 0 Å². The Labute approximate surface area is 192 Å². The molecule has 33 heavy (non-hydrogen) atoms. The first-order valence-electron chi connectivity index (χ1n) is 11.7. The van der Waals surface area contributed by atoms with Gasteiger partial charge in [0.25, 0.3) is 0 Å². The lowest BCUT2D eigenvalue weighted by Crippen LogP contribution is -2.56. The summed E-state index contributed by atoms with van der Waals surface area (Å²) in [5, 5.41) is 20.5. The number of carbonyl (C=O) groups excluding carboxylic acids is 1. The quantitative estimate of drug-likeness (QED) is 0.396. The Hall–Kier alpha value is -2.24. The second-order valence-corrected chi connectivity index (χ2v) is 8.62. The van der Waals surface area contributed by atoms with Gasteiger partial charge in [0.2, 0.25) is 0 Å². The van der Waals surface area contributed by atoms with Crippen LogP contribution < -0.4 is 17.1 Å². The monoisotopic (exact) mass is 471 g/mol. The lowest BCUT2D eigenvalue weighted by molar-refractivity contribution is -0.150. The maximum Gasteiger partial charge on any atom is 0.336 e. The molecule has 11 nitrogen and oxygen atoms in total. The van der Waals surface area contributed by atoms with Crippen molar-refractivity contribution in [2.45, 2.75) is 84.2 Å². The first-order chi connectivity index (χ1) is 15.7. The summed E-state index contributed by atoms with van der Waals surface area (Å²) < 4.78 is 13.0. The Morgan fingerprint density at radius 2 is 1.55 bits per heavy atom. The van der Waals surface area contributed by atoms with Crippen molar-refractivity contribution in [1.29, 1.82) is 0 Å². The highest BCUT2D eigenvalue weighted by molar-refractivity contribution is 5.72. The second-order valence-electron chi connectivity index (χ2n) is 8.62. The van der Waals surface area contributed by atoms with Crippen LogP contribution >= 0.6 is 0 Å². The summed E-state index contributed by atoms with van der Waals surface area (Å²) >= 11 is 0. The molecule has 1 aliphatic rings. The highest BCUT2D eigenvalue weighted by Gasteiger charge is 2.32. The first-order valence-corrected chi connectivity index (χ1v) is 11.7. The number of ether oxygens (including phenoxy) is 2. The number of aliphatic hydroxyl groups is 2.